The summed E-state index contributed by atoms with van der Waals surface area (Å²) >= 11 is 0. The molecular formula is C18H23N3O5S. The number of carbonyl (C=O) groups excluding carboxylic acids is 1. The van der Waals surface area contributed by atoms with Gasteiger partial charge in [-0.2, -0.15) is 4.31 Å². The van der Waals surface area contributed by atoms with E-state index in [2.05, 4.69) is 10.3 Å². The number of H-pyrrole nitrogens is 1. The van der Waals surface area contributed by atoms with E-state index in [0.29, 0.717) is 38.3 Å². The number of ether oxygens (including phenoxy) is 1. The molecule has 0 bridgehead atoms. The van der Waals surface area contributed by atoms with E-state index >= 15 is 0 Å². The SMILES string of the molecule is O=C(CCc1cc2ccccc2[nH]c1=O)NCCS(=O)(=O)N1CCOCC1. The van der Waals surface area contributed by atoms with E-state index < -0.39 is 10.0 Å². The van der Waals surface area contributed by atoms with E-state index in [1.54, 1.807) is 6.07 Å². The van der Waals surface area contributed by atoms with Gasteiger partial charge < -0.3 is 15.0 Å². The van der Waals surface area contributed by atoms with Gasteiger partial charge in [-0.3, -0.25) is 9.59 Å². The summed E-state index contributed by atoms with van der Waals surface area (Å²) in [5.74, 6) is -0.422. The number of hydrogen-bond donors (Lipinski definition) is 2. The molecule has 146 valence electrons. The Hall–Kier alpha value is -2.23. The van der Waals surface area contributed by atoms with E-state index in [1.165, 1.54) is 4.31 Å². The Labute approximate surface area is 157 Å². The number of nitrogens with zero attached hydrogens (tertiary/aromatic N) is 1. The minimum absolute atomic E-state index is 0.0482. The van der Waals surface area contributed by atoms with Crippen LogP contribution in [0.4, 0.5) is 0 Å². The minimum atomic E-state index is -3.39. The second-order valence-corrected chi connectivity index (χ2v) is 8.48. The number of rotatable bonds is 7. The molecule has 0 saturated carbocycles. The monoisotopic (exact) mass is 393 g/mol. The molecule has 0 unspecified atom stereocenters. The fourth-order valence-electron chi connectivity index (χ4n) is 2.99. The fraction of sp³-hybridized carbons (Fsp3) is 0.444. The van der Waals surface area contributed by atoms with Crippen molar-refractivity contribution in [3.8, 4) is 0 Å². The van der Waals surface area contributed by atoms with Gasteiger partial charge in [0, 0.05) is 37.1 Å². The Balaban J connectivity index is 1.48. The van der Waals surface area contributed by atoms with Crippen molar-refractivity contribution >= 4 is 26.8 Å². The molecule has 1 aromatic heterocycles. The number of fused-ring (bicyclic) bond motifs is 1. The molecular weight excluding hydrogens is 370 g/mol. The van der Waals surface area contributed by atoms with Crippen molar-refractivity contribution in [2.24, 2.45) is 0 Å². The Kier molecular flexibility index (Phi) is 6.25. The van der Waals surface area contributed by atoms with Gasteiger partial charge in [-0.15, -0.1) is 0 Å². The van der Waals surface area contributed by atoms with Gasteiger partial charge in [0.25, 0.3) is 5.56 Å². The Morgan fingerprint density at radius 2 is 1.96 bits per heavy atom. The molecule has 0 aliphatic carbocycles. The molecule has 2 N–H and O–H groups in total. The average Bonchev–Trinajstić information content (AvgIpc) is 2.67. The van der Waals surface area contributed by atoms with Gasteiger partial charge in [0.2, 0.25) is 15.9 Å². The highest BCUT2D eigenvalue weighted by molar-refractivity contribution is 7.89. The van der Waals surface area contributed by atoms with Crippen LogP contribution in [0.15, 0.2) is 35.1 Å². The summed E-state index contributed by atoms with van der Waals surface area (Å²) in [6, 6.07) is 9.22. The molecule has 1 fully saturated rings. The highest BCUT2D eigenvalue weighted by Crippen LogP contribution is 2.11. The number of aromatic amines is 1. The summed E-state index contributed by atoms with van der Waals surface area (Å²) in [5.41, 5.74) is 1.07. The number of sulfonamides is 1. The lowest BCUT2D eigenvalue weighted by molar-refractivity contribution is -0.120. The molecule has 1 saturated heterocycles. The van der Waals surface area contributed by atoms with E-state index in [9.17, 15) is 18.0 Å². The quantitative estimate of drug-likeness (QED) is 0.700. The summed E-state index contributed by atoms with van der Waals surface area (Å²) in [6.45, 7) is 1.53. The van der Waals surface area contributed by atoms with Crippen molar-refractivity contribution < 1.29 is 17.9 Å². The van der Waals surface area contributed by atoms with Gasteiger partial charge in [0.15, 0.2) is 0 Å². The molecule has 9 heteroatoms. The van der Waals surface area contributed by atoms with E-state index in [0.717, 1.165) is 10.9 Å². The van der Waals surface area contributed by atoms with Crippen LogP contribution >= 0.6 is 0 Å². The first-order valence-corrected chi connectivity index (χ1v) is 10.5. The largest absolute Gasteiger partial charge is 0.379 e. The Morgan fingerprint density at radius 3 is 2.74 bits per heavy atom. The van der Waals surface area contributed by atoms with Crippen LogP contribution in [0, 0.1) is 0 Å². The van der Waals surface area contributed by atoms with E-state index in [1.807, 2.05) is 24.3 Å². The first-order chi connectivity index (χ1) is 13.0. The second kappa shape index (κ2) is 8.64. The molecule has 1 aliphatic rings. The number of benzene rings is 1. The Bertz CT molecular complexity index is 964. The van der Waals surface area contributed by atoms with Crippen molar-refractivity contribution in [3.63, 3.8) is 0 Å². The first kappa shape index (κ1) is 19.5. The molecule has 27 heavy (non-hydrogen) atoms. The van der Waals surface area contributed by atoms with Gasteiger partial charge in [-0.1, -0.05) is 18.2 Å². The summed E-state index contributed by atoms with van der Waals surface area (Å²) in [6.07, 6.45) is 0.418. The van der Waals surface area contributed by atoms with Crippen LogP contribution in [0.5, 0.6) is 0 Å². The minimum Gasteiger partial charge on any atom is -0.379 e. The number of pyridine rings is 1. The number of hydrogen-bond acceptors (Lipinski definition) is 5. The molecule has 0 radical (unpaired) electrons. The van der Waals surface area contributed by atoms with Crippen LogP contribution in [-0.2, 0) is 26.0 Å². The molecule has 2 heterocycles. The summed E-state index contributed by atoms with van der Waals surface area (Å²) < 4.78 is 30.9. The molecule has 1 amide bonds. The maximum Gasteiger partial charge on any atom is 0.251 e. The highest BCUT2D eigenvalue weighted by atomic mass is 32.2. The lowest BCUT2D eigenvalue weighted by Crippen LogP contribution is -2.43. The van der Waals surface area contributed by atoms with Gasteiger partial charge in [-0.25, -0.2) is 8.42 Å². The average molecular weight is 393 g/mol. The zero-order valence-electron chi connectivity index (χ0n) is 14.9. The van der Waals surface area contributed by atoms with Crippen molar-refractivity contribution in [1.82, 2.24) is 14.6 Å². The predicted molar refractivity (Wildman–Crippen MR) is 102 cm³/mol. The molecule has 8 nitrogen and oxygen atoms in total. The van der Waals surface area contributed by atoms with Gasteiger partial charge in [-0.05, 0) is 23.9 Å². The highest BCUT2D eigenvalue weighted by Gasteiger charge is 2.23. The third kappa shape index (κ3) is 5.15. The fourth-order valence-corrected chi connectivity index (χ4v) is 4.31. The molecule has 1 aliphatic heterocycles. The smallest absolute Gasteiger partial charge is 0.251 e. The van der Waals surface area contributed by atoms with E-state index in [4.69, 9.17) is 4.74 Å². The summed E-state index contributed by atoms with van der Waals surface area (Å²) in [4.78, 5) is 26.9. The number of amides is 1. The zero-order chi connectivity index (χ0) is 19.3. The van der Waals surface area contributed by atoms with Gasteiger partial charge in [0.1, 0.15) is 0 Å². The third-order valence-corrected chi connectivity index (χ3v) is 6.37. The van der Waals surface area contributed by atoms with Crippen LogP contribution in [-0.4, -0.2) is 62.2 Å². The maximum absolute atomic E-state index is 12.2. The van der Waals surface area contributed by atoms with E-state index in [-0.39, 0.29) is 30.2 Å². The molecule has 0 spiro atoms. The van der Waals surface area contributed by atoms with Crippen LogP contribution in [0.2, 0.25) is 0 Å². The Morgan fingerprint density at radius 1 is 1.22 bits per heavy atom. The van der Waals surface area contributed by atoms with Crippen LogP contribution in [0.3, 0.4) is 0 Å². The number of para-hydroxylation sites is 1. The van der Waals surface area contributed by atoms with Gasteiger partial charge in [0.05, 0.1) is 19.0 Å². The molecule has 2 aromatic rings. The molecule has 3 rings (SSSR count). The van der Waals surface area contributed by atoms with Crippen LogP contribution in [0.1, 0.15) is 12.0 Å². The number of aromatic nitrogens is 1. The number of carbonyl (C=O) groups is 1. The zero-order valence-corrected chi connectivity index (χ0v) is 15.8. The van der Waals surface area contributed by atoms with Crippen molar-refractivity contribution in [3.05, 3.63) is 46.2 Å². The lowest BCUT2D eigenvalue weighted by Gasteiger charge is -2.26. The van der Waals surface area contributed by atoms with Crippen LogP contribution in [0.25, 0.3) is 10.9 Å². The standard InChI is InChI=1S/C18H23N3O5S/c22-17(19-7-12-27(24,25)21-8-10-26-11-9-21)6-5-15-13-14-3-1-2-4-16(14)20-18(15)23/h1-4,13H,5-12H2,(H,19,22)(H,20,23). The van der Waals surface area contributed by atoms with Crippen molar-refractivity contribution in [2.75, 3.05) is 38.6 Å². The predicted octanol–water partition coefficient (Wildman–Crippen LogP) is 0.239. The number of nitrogens with one attached hydrogen (secondary N) is 2. The third-order valence-electron chi connectivity index (χ3n) is 4.50. The normalized spacial score (nSPS) is 15.7. The van der Waals surface area contributed by atoms with Crippen LogP contribution < -0.4 is 10.9 Å². The van der Waals surface area contributed by atoms with Gasteiger partial charge >= 0.3 is 0 Å². The van der Waals surface area contributed by atoms with Crippen molar-refractivity contribution in [1.29, 1.82) is 0 Å². The summed E-state index contributed by atoms with van der Waals surface area (Å²) in [5, 5.41) is 3.52. The second-order valence-electron chi connectivity index (χ2n) is 6.39. The maximum atomic E-state index is 12.2. The molecule has 0 atom stereocenters. The van der Waals surface area contributed by atoms with Crippen molar-refractivity contribution in [2.45, 2.75) is 12.8 Å². The number of aryl methyl sites for hydroxylation is 1. The topological polar surface area (TPSA) is 109 Å². The number of morpholine rings is 1. The first-order valence-electron chi connectivity index (χ1n) is 8.89. The molecule has 1 aromatic carbocycles. The summed E-state index contributed by atoms with van der Waals surface area (Å²) in [7, 11) is -3.39. The lowest BCUT2D eigenvalue weighted by atomic mass is 10.1.